The van der Waals surface area contributed by atoms with Crippen molar-refractivity contribution in [1.82, 2.24) is 16.0 Å². The molecule has 0 aromatic heterocycles. The van der Waals surface area contributed by atoms with Gasteiger partial charge < -0.3 is 27.4 Å². The zero-order chi connectivity index (χ0) is 34.9. The van der Waals surface area contributed by atoms with E-state index in [2.05, 4.69) is 16.0 Å². The molecule has 0 fully saturated rings. The van der Waals surface area contributed by atoms with Crippen molar-refractivity contribution in [3.63, 3.8) is 0 Å². The number of amides is 3. The van der Waals surface area contributed by atoms with Crippen molar-refractivity contribution in [2.45, 2.75) is 43.8 Å². The summed E-state index contributed by atoms with van der Waals surface area (Å²) < 4.78 is 0. The second kappa shape index (κ2) is 16.2. The van der Waals surface area contributed by atoms with Crippen LogP contribution in [0.1, 0.15) is 23.1 Å². The maximum Gasteiger partial charge on any atom is 0.243 e. The van der Waals surface area contributed by atoms with Gasteiger partial charge in [0.1, 0.15) is 12.1 Å². The Labute approximate surface area is 292 Å². The first-order chi connectivity index (χ1) is 24.4. The molecule has 6 aromatic carbocycles. The van der Waals surface area contributed by atoms with Crippen LogP contribution in [0.15, 0.2) is 127 Å². The lowest BCUT2D eigenvalue weighted by Crippen LogP contribution is -2.57. The van der Waals surface area contributed by atoms with Crippen molar-refractivity contribution in [1.29, 1.82) is 0 Å². The van der Waals surface area contributed by atoms with Gasteiger partial charge in [0, 0.05) is 19.4 Å². The van der Waals surface area contributed by atoms with Gasteiger partial charge in [-0.15, -0.1) is 0 Å². The summed E-state index contributed by atoms with van der Waals surface area (Å²) in [5, 5.41) is 15.2. The second-order valence-corrected chi connectivity index (χ2v) is 12.8. The minimum atomic E-state index is -0.984. The topological polar surface area (TPSA) is 139 Å². The van der Waals surface area contributed by atoms with E-state index in [1.165, 1.54) is 0 Å². The van der Waals surface area contributed by atoms with Gasteiger partial charge in [-0.2, -0.15) is 0 Å². The molecule has 7 N–H and O–H groups in total. The van der Waals surface area contributed by atoms with Crippen LogP contribution in [-0.4, -0.2) is 48.9 Å². The molecule has 0 spiro atoms. The van der Waals surface area contributed by atoms with Crippen molar-refractivity contribution < 1.29 is 14.4 Å². The van der Waals surface area contributed by atoms with Gasteiger partial charge in [0.2, 0.25) is 17.7 Å². The Morgan fingerprint density at radius 3 is 1.36 bits per heavy atom. The molecule has 0 aliphatic carbocycles. The average Bonchev–Trinajstić information content (AvgIpc) is 3.14. The highest BCUT2D eigenvalue weighted by atomic mass is 16.2. The summed E-state index contributed by atoms with van der Waals surface area (Å²) in [6.07, 6.45) is 1.39. The SMILES string of the molecule is NCCCNC(=O)C(Cc1ccc2ccccc2c1)NC(=O)C(Cc1ccc2ccccc2c1)NC(=O)C(N)Cc1ccc2ccccc2c1. The predicted molar refractivity (Wildman–Crippen MR) is 201 cm³/mol. The van der Waals surface area contributed by atoms with E-state index in [-0.39, 0.29) is 18.7 Å². The molecule has 0 aliphatic rings. The molecular weight excluding hydrogens is 622 g/mol. The highest BCUT2D eigenvalue weighted by Gasteiger charge is 2.29. The van der Waals surface area contributed by atoms with Crippen LogP contribution in [0.5, 0.6) is 0 Å². The first kappa shape index (κ1) is 34.3. The average molecular weight is 666 g/mol. The summed E-state index contributed by atoms with van der Waals surface area (Å²) in [6.45, 7) is 0.821. The van der Waals surface area contributed by atoms with Crippen LogP contribution in [0.4, 0.5) is 0 Å². The fourth-order valence-corrected chi connectivity index (χ4v) is 6.32. The number of benzene rings is 6. The maximum atomic E-state index is 14.2. The largest absolute Gasteiger partial charge is 0.354 e. The van der Waals surface area contributed by atoms with Gasteiger partial charge in [0.15, 0.2) is 0 Å². The van der Waals surface area contributed by atoms with Crippen LogP contribution >= 0.6 is 0 Å². The van der Waals surface area contributed by atoms with Crippen LogP contribution in [0.3, 0.4) is 0 Å². The van der Waals surface area contributed by atoms with Gasteiger partial charge in [-0.3, -0.25) is 14.4 Å². The second-order valence-electron chi connectivity index (χ2n) is 12.8. The molecule has 8 nitrogen and oxygen atoms in total. The Bertz CT molecular complexity index is 2130. The third-order valence-electron chi connectivity index (χ3n) is 9.06. The molecule has 3 amide bonds. The van der Waals surface area contributed by atoms with Gasteiger partial charge in [0.25, 0.3) is 0 Å². The van der Waals surface area contributed by atoms with Gasteiger partial charge in [0.05, 0.1) is 6.04 Å². The van der Waals surface area contributed by atoms with Crippen LogP contribution < -0.4 is 27.4 Å². The number of fused-ring (bicyclic) bond motifs is 3. The Morgan fingerprint density at radius 2 is 0.900 bits per heavy atom. The number of rotatable bonds is 14. The van der Waals surface area contributed by atoms with E-state index in [1.54, 1.807) is 0 Å². The summed E-state index contributed by atoms with van der Waals surface area (Å²) in [4.78, 5) is 41.3. The van der Waals surface area contributed by atoms with Gasteiger partial charge >= 0.3 is 0 Å². The van der Waals surface area contributed by atoms with Crippen molar-refractivity contribution in [2.24, 2.45) is 11.5 Å². The Hall–Kier alpha value is -5.57. The monoisotopic (exact) mass is 665 g/mol. The molecule has 0 heterocycles. The van der Waals surface area contributed by atoms with E-state index in [1.807, 2.05) is 127 Å². The molecule has 0 bridgehead atoms. The third kappa shape index (κ3) is 8.71. The third-order valence-corrected chi connectivity index (χ3v) is 9.06. The van der Waals surface area contributed by atoms with Gasteiger partial charge in [-0.05, 0) is 68.4 Å². The molecule has 3 unspecified atom stereocenters. The molecule has 3 atom stereocenters. The fraction of sp³-hybridized carbons (Fsp3) is 0.214. The summed E-state index contributed by atoms with van der Waals surface area (Å²) >= 11 is 0. The van der Waals surface area contributed by atoms with E-state index >= 15 is 0 Å². The molecule has 50 heavy (non-hydrogen) atoms. The number of nitrogens with two attached hydrogens (primary N) is 2. The molecule has 0 saturated heterocycles. The van der Waals surface area contributed by atoms with Gasteiger partial charge in [-0.1, -0.05) is 127 Å². The van der Waals surface area contributed by atoms with E-state index in [4.69, 9.17) is 11.5 Å². The summed E-state index contributed by atoms with van der Waals surface area (Å²) in [6, 6.07) is 39.2. The lowest BCUT2D eigenvalue weighted by molar-refractivity contribution is -0.132. The minimum Gasteiger partial charge on any atom is -0.354 e. The molecule has 6 aromatic rings. The zero-order valence-corrected chi connectivity index (χ0v) is 28.0. The highest BCUT2D eigenvalue weighted by Crippen LogP contribution is 2.20. The molecule has 8 heteroatoms. The normalized spacial score (nSPS) is 13.1. The van der Waals surface area contributed by atoms with Crippen LogP contribution in [0.25, 0.3) is 32.3 Å². The Balaban J connectivity index is 1.23. The van der Waals surface area contributed by atoms with Crippen molar-refractivity contribution in [3.05, 3.63) is 144 Å². The molecule has 0 radical (unpaired) electrons. The number of nitrogens with one attached hydrogen (secondary N) is 3. The smallest absolute Gasteiger partial charge is 0.243 e. The predicted octanol–water partition coefficient (Wildman–Crippen LogP) is 4.94. The van der Waals surface area contributed by atoms with E-state index < -0.39 is 29.9 Å². The van der Waals surface area contributed by atoms with Crippen molar-refractivity contribution >= 4 is 50.0 Å². The van der Waals surface area contributed by atoms with E-state index in [0.29, 0.717) is 25.9 Å². The quantitative estimate of drug-likeness (QED) is 0.105. The van der Waals surface area contributed by atoms with Crippen molar-refractivity contribution in [2.75, 3.05) is 13.1 Å². The molecular formula is C42H43N5O3. The highest BCUT2D eigenvalue weighted by molar-refractivity contribution is 5.94. The number of hydrogen-bond donors (Lipinski definition) is 5. The zero-order valence-electron chi connectivity index (χ0n) is 28.0. The van der Waals surface area contributed by atoms with Crippen LogP contribution in [0, 0.1) is 0 Å². The van der Waals surface area contributed by atoms with E-state index in [9.17, 15) is 14.4 Å². The Morgan fingerprint density at radius 1 is 0.500 bits per heavy atom. The molecule has 6 rings (SSSR count). The summed E-state index contributed by atoms with van der Waals surface area (Å²) in [5.74, 6) is -1.23. The van der Waals surface area contributed by atoms with Crippen LogP contribution in [-0.2, 0) is 33.6 Å². The van der Waals surface area contributed by atoms with Gasteiger partial charge in [-0.25, -0.2) is 0 Å². The minimum absolute atomic E-state index is 0.211. The lowest BCUT2D eigenvalue weighted by atomic mass is 9.98. The maximum absolute atomic E-state index is 14.2. The van der Waals surface area contributed by atoms with Crippen molar-refractivity contribution in [3.8, 4) is 0 Å². The standard InChI is InChI=1S/C42H43N5O3/c43-20-7-21-45-41(49)38(26-29-15-18-32-9-2-5-12-35(32)23-29)47-42(50)39(27-30-16-19-33-10-3-6-13-36(33)24-30)46-40(48)37(44)25-28-14-17-31-8-1-4-11-34(31)22-28/h1-6,8-19,22-24,37-39H,7,20-21,25-27,43-44H2,(H,45,49)(H,46,48)(H,47,50). The summed E-state index contributed by atoms with van der Waals surface area (Å²) in [7, 11) is 0. The fourth-order valence-electron chi connectivity index (χ4n) is 6.32. The molecule has 0 aliphatic heterocycles. The number of carbonyl (C=O) groups is 3. The lowest BCUT2D eigenvalue weighted by Gasteiger charge is -2.25. The molecule has 0 saturated carbocycles. The number of hydrogen-bond acceptors (Lipinski definition) is 5. The first-order valence-electron chi connectivity index (χ1n) is 17.1. The van der Waals surface area contributed by atoms with Crippen LogP contribution in [0.2, 0.25) is 0 Å². The number of carbonyl (C=O) groups excluding carboxylic acids is 3. The molecule has 254 valence electrons. The summed E-state index contributed by atoms with van der Waals surface area (Å²) in [5.41, 5.74) is 14.8. The first-order valence-corrected chi connectivity index (χ1v) is 17.1. The van der Waals surface area contributed by atoms with E-state index in [0.717, 1.165) is 49.0 Å². The Kier molecular flexibility index (Phi) is 11.1.